The maximum atomic E-state index is 12.9. The Morgan fingerprint density at radius 2 is 1.93 bits per heavy atom. The van der Waals surface area contributed by atoms with Gasteiger partial charge < -0.3 is 10.1 Å². The van der Waals surface area contributed by atoms with Gasteiger partial charge in [0.1, 0.15) is 5.60 Å². The van der Waals surface area contributed by atoms with Crippen molar-refractivity contribution in [3.63, 3.8) is 0 Å². The molecule has 1 amide bonds. The zero-order valence-corrected chi connectivity index (χ0v) is 19.8. The van der Waals surface area contributed by atoms with Gasteiger partial charge in [-0.2, -0.15) is 17.4 Å². The summed E-state index contributed by atoms with van der Waals surface area (Å²) in [6.45, 7) is 6.49. The molecule has 1 aromatic carbocycles. The summed E-state index contributed by atoms with van der Waals surface area (Å²) >= 11 is 12.3. The summed E-state index contributed by atoms with van der Waals surface area (Å²) in [7, 11) is -3.61. The minimum Gasteiger partial charge on any atom is -0.444 e. The van der Waals surface area contributed by atoms with E-state index in [1.165, 1.54) is 4.31 Å². The minimum absolute atomic E-state index is 0.0668. The molecule has 0 unspecified atom stereocenters. The number of carbonyl (C=O) groups is 1. The van der Waals surface area contributed by atoms with Gasteiger partial charge >= 0.3 is 6.09 Å². The van der Waals surface area contributed by atoms with Gasteiger partial charge in [0.2, 0.25) is 0 Å². The normalized spacial score (nSPS) is 19.6. The van der Waals surface area contributed by atoms with Crippen LogP contribution >= 0.6 is 23.2 Å². The highest BCUT2D eigenvalue weighted by Crippen LogP contribution is 2.38. The van der Waals surface area contributed by atoms with Crippen LogP contribution in [0.5, 0.6) is 0 Å². The number of ether oxygens (including phenoxy) is 1. The van der Waals surface area contributed by atoms with Crippen molar-refractivity contribution < 1.29 is 17.9 Å². The maximum Gasteiger partial charge on any atom is 0.407 e. The lowest BCUT2D eigenvalue weighted by molar-refractivity contribution is 0.0502. The van der Waals surface area contributed by atoms with E-state index in [1.807, 2.05) is 6.07 Å². The Hall–Kier alpha value is -1.06. The van der Waals surface area contributed by atoms with Crippen molar-refractivity contribution in [2.45, 2.75) is 57.6 Å². The van der Waals surface area contributed by atoms with E-state index in [4.69, 9.17) is 27.9 Å². The first-order valence-corrected chi connectivity index (χ1v) is 12.3. The lowest BCUT2D eigenvalue weighted by Gasteiger charge is -2.46. The van der Waals surface area contributed by atoms with Gasteiger partial charge in [-0.3, -0.25) is 0 Å². The van der Waals surface area contributed by atoms with E-state index in [-0.39, 0.29) is 5.92 Å². The first-order chi connectivity index (χ1) is 13.9. The van der Waals surface area contributed by atoms with Crippen LogP contribution in [-0.4, -0.2) is 49.6 Å². The summed E-state index contributed by atoms with van der Waals surface area (Å²) < 4.78 is 35.3. The van der Waals surface area contributed by atoms with Crippen LogP contribution in [0.25, 0.3) is 0 Å². The van der Waals surface area contributed by atoms with E-state index in [0.29, 0.717) is 36.1 Å². The van der Waals surface area contributed by atoms with Crippen LogP contribution < -0.4 is 10.0 Å². The van der Waals surface area contributed by atoms with Crippen LogP contribution in [0.2, 0.25) is 10.0 Å². The van der Waals surface area contributed by atoms with Crippen molar-refractivity contribution in [3.05, 3.63) is 33.8 Å². The van der Waals surface area contributed by atoms with Crippen molar-refractivity contribution >= 4 is 39.5 Å². The fraction of sp³-hybridized carbons (Fsp3) is 0.650. The molecule has 1 aliphatic carbocycles. The summed E-state index contributed by atoms with van der Waals surface area (Å²) in [5, 5.41) is 3.80. The van der Waals surface area contributed by atoms with Crippen LogP contribution in [0.4, 0.5) is 4.79 Å². The fourth-order valence-electron chi connectivity index (χ4n) is 3.68. The zero-order valence-electron chi connectivity index (χ0n) is 17.5. The molecule has 1 heterocycles. The highest BCUT2D eigenvalue weighted by molar-refractivity contribution is 7.87. The predicted molar refractivity (Wildman–Crippen MR) is 118 cm³/mol. The number of hydrogen-bond acceptors (Lipinski definition) is 4. The standard InChI is InChI=1S/C20H29Cl2N3O4S/c1-19(2,3)29-18(26)23-11-14-12-25(13-14)30(27,28)24-20(7-4-8-20)10-15-5-6-16(21)9-17(15)22/h5-6,9,14,24H,4,7-8,10-13H2,1-3H3,(H,23,26). The summed E-state index contributed by atoms with van der Waals surface area (Å²) in [6, 6.07) is 5.29. The largest absolute Gasteiger partial charge is 0.444 e. The molecule has 2 aliphatic rings. The van der Waals surface area contributed by atoms with Gasteiger partial charge in [0.15, 0.2) is 0 Å². The molecule has 3 rings (SSSR count). The van der Waals surface area contributed by atoms with E-state index in [0.717, 1.165) is 24.8 Å². The van der Waals surface area contributed by atoms with E-state index in [2.05, 4.69) is 10.0 Å². The van der Waals surface area contributed by atoms with Gasteiger partial charge in [-0.25, -0.2) is 4.79 Å². The third-order valence-electron chi connectivity index (χ3n) is 5.40. The van der Waals surface area contributed by atoms with Gasteiger partial charge in [0, 0.05) is 41.1 Å². The lowest BCUT2D eigenvalue weighted by atomic mass is 9.74. The molecule has 1 saturated carbocycles. The van der Waals surface area contributed by atoms with Gasteiger partial charge in [-0.05, 0) is 64.2 Å². The number of nitrogens with zero attached hydrogens (tertiary/aromatic N) is 1. The molecule has 30 heavy (non-hydrogen) atoms. The molecule has 0 aromatic heterocycles. The molecule has 0 spiro atoms. The van der Waals surface area contributed by atoms with Crippen molar-refractivity contribution in [2.24, 2.45) is 5.92 Å². The second-order valence-corrected chi connectivity index (χ2v) is 11.7. The van der Waals surface area contributed by atoms with Crippen LogP contribution in [0.15, 0.2) is 18.2 Å². The minimum atomic E-state index is -3.61. The monoisotopic (exact) mass is 477 g/mol. The molecule has 10 heteroatoms. The number of carbonyl (C=O) groups excluding carboxylic acids is 1. The van der Waals surface area contributed by atoms with Gasteiger partial charge in [0.25, 0.3) is 10.2 Å². The van der Waals surface area contributed by atoms with Gasteiger partial charge in [-0.1, -0.05) is 29.3 Å². The molecule has 1 saturated heterocycles. The Kier molecular flexibility index (Phi) is 6.94. The number of amides is 1. The summed E-state index contributed by atoms with van der Waals surface area (Å²) in [6.07, 6.45) is 2.54. The van der Waals surface area contributed by atoms with Crippen molar-refractivity contribution in [1.82, 2.24) is 14.3 Å². The Bertz CT molecular complexity index is 892. The summed E-state index contributed by atoms with van der Waals surface area (Å²) in [5.74, 6) is 0.0668. The maximum absolute atomic E-state index is 12.9. The van der Waals surface area contributed by atoms with Crippen LogP contribution in [0.3, 0.4) is 0 Å². The molecule has 7 nitrogen and oxygen atoms in total. The lowest BCUT2D eigenvalue weighted by Crippen LogP contribution is -2.63. The van der Waals surface area contributed by atoms with Crippen LogP contribution in [0.1, 0.15) is 45.6 Å². The Morgan fingerprint density at radius 3 is 2.47 bits per heavy atom. The number of hydrogen-bond donors (Lipinski definition) is 2. The molecule has 0 radical (unpaired) electrons. The Labute approximate surface area is 188 Å². The molecule has 168 valence electrons. The molecule has 0 atom stereocenters. The highest BCUT2D eigenvalue weighted by Gasteiger charge is 2.45. The number of nitrogens with one attached hydrogen (secondary N) is 2. The third kappa shape index (κ3) is 6.01. The first kappa shape index (κ1) is 23.6. The van der Waals surface area contributed by atoms with Crippen LogP contribution in [-0.2, 0) is 21.4 Å². The second-order valence-electron chi connectivity index (χ2n) is 9.22. The zero-order chi connectivity index (χ0) is 22.2. The molecule has 1 aliphatic heterocycles. The molecule has 1 aromatic rings. The average Bonchev–Trinajstić information content (AvgIpc) is 2.51. The molecule has 2 N–H and O–H groups in total. The van der Waals surface area contributed by atoms with E-state index >= 15 is 0 Å². The fourth-order valence-corrected chi connectivity index (χ4v) is 5.92. The molecule has 0 bridgehead atoms. The predicted octanol–water partition coefficient (Wildman–Crippen LogP) is 3.75. The Morgan fingerprint density at radius 1 is 1.27 bits per heavy atom. The smallest absolute Gasteiger partial charge is 0.407 e. The van der Waals surface area contributed by atoms with Gasteiger partial charge in [-0.15, -0.1) is 0 Å². The Balaban J connectivity index is 1.52. The number of alkyl carbamates (subject to hydrolysis) is 1. The average molecular weight is 478 g/mol. The molecule has 2 fully saturated rings. The number of rotatable bonds is 7. The van der Waals surface area contributed by atoms with Crippen LogP contribution in [0, 0.1) is 5.92 Å². The molecular formula is C20H29Cl2N3O4S. The number of halogens is 2. The first-order valence-electron chi connectivity index (χ1n) is 10.1. The quantitative estimate of drug-likeness (QED) is 0.625. The van der Waals surface area contributed by atoms with Crippen molar-refractivity contribution in [2.75, 3.05) is 19.6 Å². The SMILES string of the molecule is CC(C)(C)OC(=O)NCC1CN(S(=O)(=O)NC2(Cc3ccc(Cl)cc3Cl)CCC2)C1. The van der Waals surface area contributed by atoms with E-state index < -0.39 is 27.4 Å². The van der Waals surface area contributed by atoms with Crippen molar-refractivity contribution in [3.8, 4) is 0 Å². The second kappa shape index (κ2) is 8.82. The third-order valence-corrected chi connectivity index (χ3v) is 7.65. The number of benzene rings is 1. The van der Waals surface area contributed by atoms with E-state index in [9.17, 15) is 13.2 Å². The van der Waals surface area contributed by atoms with E-state index in [1.54, 1.807) is 32.9 Å². The highest BCUT2D eigenvalue weighted by atomic mass is 35.5. The summed E-state index contributed by atoms with van der Waals surface area (Å²) in [4.78, 5) is 11.7. The summed E-state index contributed by atoms with van der Waals surface area (Å²) in [5.41, 5.74) is -0.199. The molecular weight excluding hydrogens is 449 g/mol. The van der Waals surface area contributed by atoms with Gasteiger partial charge in [0.05, 0.1) is 0 Å². The topological polar surface area (TPSA) is 87.7 Å². The van der Waals surface area contributed by atoms with Crippen molar-refractivity contribution in [1.29, 1.82) is 0 Å².